The maximum Gasteiger partial charge on any atom is 0.151 e. The molecule has 0 aromatic rings. The first-order valence-electron chi connectivity index (χ1n) is 5.45. The number of nitrogens with one attached hydrogen (secondary N) is 1. The van der Waals surface area contributed by atoms with Gasteiger partial charge < -0.3 is 5.32 Å². The number of hydrogen-bond donors (Lipinski definition) is 1. The van der Waals surface area contributed by atoms with Crippen molar-refractivity contribution in [3.8, 4) is 0 Å². The smallest absolute Gasteiger partial charge is 0.151 e. The maximum atomic E-state index is 11.3. The summed E-state index contributed by atoms with van der Waals surface area (Å²) in [6, 6.07) is 0.670. The highest BCUT2D eigenvalue weighted by Gasteiger charge is 2.36. The van der Waals surface area contributed by atoms with Gasteiger partial charge in [0, 0.05) is 17.8 Å². The van der Waals surface area contributed by atoms with Crippen molar-refractivity contribution >= 4 is 9.84 Å². The van der Waals surface area contributed by atoms with Gasteiger partial charge >= 0.3 is 0 Å². The van der Waals surface area contributed by atoms with Gasteiger partial charge in [-0.2, -0.15) is 0 Å². The van der Waals surface area contributed by atoms with Crippen molar-refractivity contribution in [1.82, 2.24) is 5.32 Å². The van der Waals surface area contributed by atoms with E-state index < -0.39 is 9.84 Å². The first-order valence-corrected chi connectivity index (χ1v) is 7.27. The van der Waals surface area contributed by atoms with E-state index in [9.17, 15) is 8.42 Å². The Kier molecular flexibility index (Phi) is 3.95. The number of rotatable bonds is 6. The van der Waals surface area contributed by atoms with Gasteiger partial charge in [0.2, 0.25) is 0 Å². The molecule has 1 aliphatic carbocycles. The normalized spacial score (nSPS) is 28.8. The third-order valence-corrected chi connectivity index (χ3v) is 4.78. The lowest BCUT2D eigenvalue weighted by Crippen LogP contribution is -2.35. The van der Waals surface area contributed by atoms with Crippen LogP contribution in [0, 0.1) is 5.92 Å². The predicted octanol–water partition coefficient (Wildman–Crippen LogP) is 1.20. The van der Waals surface area contributed by atoms with Crippen molar-refractivity contribution in [1.29, 1.82) is 0 Å². The van der Waals surface area contributed by atoms with E-state index >= 15 is 0 Å². The van der Waals surface area contributed by atoms with Gasteiger partial charge in [-0.1, -0.05) is 20.3 Å². The first-order chi connectivity index (χ1) is 6.48. The summed E-state index contributed by atoms with van der Waals surface area (Å²) in [6.45, 7) is 5.84. The molecule has 3 unspecified atom stereocenters. The van der Waals surface area contributed by atoms with Crippen LogP contribution in [0.4, 0.5) is 0 Å². The molecule has 84 valence electrons. The average Bonchev–Trinajstić information content (AvgIpc) is 2.82. The van der Waals surface area contributed by atoms with E-state index in [4.69, 9.17) is 0 Å². The Labute approximate surface area is 87.2 Å². The van der Waals surface area contributed by atoms with E-state index in [1.165, 1.54) is 12.8 Å². The Morgan fingerprint density at radius 1 is 1.43 bits per heavy atom. The van der Waals surface area contributed by atoms with Crippen LogP contribution in [0.1, 0.15) is 33.6 Å². The summed E-state index contributed by atoms with van der Waals surface area (Å²) in [7, 11) is -2.82. The fourth-order valence-electron chi connectivity index (χ4n) is 1.82. The summed E-state index contributed by atoms with van der Waals surface area (Å²) in [6.07, 6.45) is 2.41. The molecule has 0 amide bonds. The zero-order valence-corrected chi connectivity index (χ0v) is 10.1. The van der Waals surface area contributed by atoms with Gasteiger partial charge in [0.25, 0.3) is 0 Å². The molecule has 1 aliphatic rings. The van der Waals surface area contributed by atoms with Gasteiger partial charge in [-0.05, 0) is 19.3 Å². The van der Waals surface area contributed by atoms with Crippen LogP contribution in [0.25, 0.3) is 0 Å². The van der Waals surface area contributed by atoms with Crippen LogP contribution in [0.2, 0.25) is 0 Å². The molecule has 14 heavy (non-hydrogen) atoms. The van der Waals surface area contributed by atoms with Crippen molar-refractivity contribution in [3.05, 3.63) is 0 Å². The van der Waals surface area contributed by atoms with Crippen molar-refractivity contribution in [2.75, 3.05) is 11.5 Å². The lowest BCUT2D eigenvalue weighted by Gasteiger charge is -2.13. The minimum atomic E-state index is -2.82. The second kappa shape index (κ2) is 4.62. The minimum absolute atomic E-state index is 0.0986. The molecule has 1 rings (SSSR count). The third-order valence-electron chi connectivity index (χ3n) is 2.89. The van der Waals surface area contributed by atoms with E-state index in [1.54, 1.807) is 6.92 Å². The second-order valence-electron chi connectivity index (χ2n) is 4.28. The Hall–Kier alpha value is -0.0900. The van der Waals surface area contributed by atoms with E-state index in [0.29, 0.717) is 6.04 Å². The highest BCUT2D eigenvalue weighted by Crippen LogP contribution is 2.33. The molecule has 0 spiro atoms. The molecule has 0 aliphatic heterocycles. The van der Waals surface area contributed by atoms with Crippen molar-refractivity contribution in [2.45, 2.75) is 45.7 Å². The molecule has 1 N–H and O–H groups in total. The van der Waals surface area contributed by atoms with E-state index in [2.05, 4.69) is 12.2 Å². The van der Waals surface area contributed by atoms with Gasteiger partial charge in [0.1, 0.15) is 0 Å². The summed E-state index contributed by atoms with van der Waals surface area (Å²) in [5.74, 6) is 1.30. The molecule has 3 atom stereocenters. The topological polar surface area (TPSA) is 46.2 Å². The lowest BCUT2D eigenvalue weighted by molar-refractivity contribution is 0.536. The lowest BCUT2D eigenvalue weighted by atomic mass is 10.3. The van der Waals surface area contributed by atoms with Gasteiger partial charge in [-0.15, -0.1) is 0 Å². The van der Waals surface area contributed by atoms with Crippen LogP contribution in [0.15, 0.2) is 0 Å². The fourth-order valence-corrected chi connectivity index (χ4v) is 2.91. The first kappa shape index (κ1) is 12.0. The highest BCUT2D eigenvalue weighted by molar-refractivity contribution is 7.91. The molecule has 1 fully saturated rings. The molecule has 3 nitrogen and oxygen atoms in total. The summed E-state index contributed by atoms with van der Waals surface area (Å²) in [4.78, 5) is 0. The second-order valence-corrected chi connectivity index (χ2v) is 6.67. The monoisotopic (exact) mass is 219 g/mol. The zero-order valence-electron chi connectivity index (χ0n) is 9.29. The molecule has 0 bridgehead atoms. The average molecular weight is 219 g/mol. The van der Waals surface area contributed by atoms with Gasteiger partial charge in [-0.25, -0.2) is 8.42 Å². The molecule has 0 aromatic carbocycles. The predicted molar refractivity (Wildman–Crippen MR) is 59.1 cm³/mol. The van der Waals surface area contributed by atoms with Crippen LogP contribution in [-0.4, -0.2) is 32.0 Å². The largest absolute Gasteiger partial charge is 0.310 e. The third kappa shape index (κ3) is 3.58. The molecule has 4 heteroatoms. The molecule has 0 radical (unpaired) electrons. The summed E-state index contributed by atoms with van der Waals surface area (Å²) >= 11 is 0. The number of hydrogen-bond acceptors (Lipinski definition) is 3. The van der Waals surface area contributed by atoms with E-state index in [-0.39, 0.29) is 17.5 Å². The van der Waals surface area contributed by atoms with E-state index in [0.717, 1.165) is 5.92 Å². The summed E-state index contributed by atoms with van der Waals surface area (Å²) in [5, 5.41) is 3.37. The van der Waals surface area contributed by atoms with Crippen LogP contribution in [0.5, 0.6) is 0 Å². The molecular weight excluding hydrogens is 198 g/mol. The Bertz CT molecular complexity index is 274. The number of sulfone groups is 1. The van der Waals surface area contributed by atoms with Gasteiger partial charge in [0.15, 0.2) is 9.84 Å². The van der Waals surface area contributed by atoms with Gasteiger partial charge in [0.05, 0.1) is 5.75 Å². The van der Waals surface area contributed by atoms with Crippen molar-refractivity contribution < 1.29 is 8.42 Å². The maximum absolute atomic E-state index is 11.3. The molecule has 1 saturated carbocycles. The van der Waals surface area contributed by atoms with Crippen molar-refractivity contribution in [2.24, 2.45) is 5.92 Å². The van der Waals surface area contributed by atoms with E-state index in [1.807, 2.05) is 6.92 Å². The quantitative estimate of drug-likeness (QED) is 0.730. The molecular formula is C10H21NO2S. The minimum Gasteiger partial charge on any atom is -0.310 e. The van der Waals surface area contributed by atoms with Crippen LogP contribution in [-0.2, 0) is 9.84 Å². The summed E-state index contributed by atoms with van der Waals surface area (Å²) in [5.41, 5.74) is 0. The Balaban J connectivity index is 2.27. The van der Waals surface area contributed by atoms with Crippen LogP contribution >= 0.6 is 0 Å². The van der Waals surface area contributed by atoms with Crippen molar-refractivity contribution in [3.63, 3.8) is 0 Å². The molecule has 0 saturated heterocycles. The molecule has 0 aromatic heterocycles. The SMILES string of the molecule is CCC1CC1NC(C)CS(=O)(=O)CC. The van der Waals surface area contributed by atoms with Crippen LogP contribution < -0.4 is 5.32 Å². The molecule has 0 heterocycles. The zero-order chi connectivity index (χ0) is 10.8. The highest BCUT2D eigenvalue weighted by atomic mass is 32.2. The van der Waals surface area contributed by atoms with Gasteiger partial charge in [-0.3, -0.25) is 0 Å². The fraction of sp³-hybridized carbons (Fsp3) is 1.00. The van der Waals surface area contributed by atoms with Crippen LogP contribution in [0.3, 0.4) is 0 Å². The summed E-state index contributed by atoms with van der Waals surface area (Å²) < 4.78 is 22.6. The Morgan fingerprint density at radius 2 is 2.07 bits per heavy atom. The standard InChI is InChI=1S/C10H21NO2S/c1-4-9-6-10(9)11-8(3)7-14(12,13)5-2/h8-11H,4-7H2,1-3H3. The Morgan fingerprint density at radius 3 is 2.50 bits per heavy atom.